The Labute approximate surface area is 198 Å². The molecule has 1 heteroatoms. The van der Waals surface area contributed by atoms with Crippen LogP contribution in [0.4, 0.5) is 0 Å². The lowest BCUT2D eigenvalue weighted by atomic mass is 10.0. The van der Waals surface area contributed by atoms with E-state index in [1.807, 2.05) is 0 Å². The maximum atomic E-state index is 5.82. The standard InChI is InChI=1S/C30H62O/c1-4-5-6-7-8-9-10-11-12-13-14-15-16-19-22-25-28-31-29-26-23-20-17-18-21-24-27-30(2)3/h30H,4-29H2,1-3H3. The molecule has 0 aliphatic carbocycles. The molecule has 0 heterocycles. The summed E-state index contributed by atoms with van der Waals surface area (Å²) in [5, 5.41) is 0. The summed E-state index contributed by atoms with van der Waals surface area (Å²) in [4.78, 5) is 0. The highest BCUT2D eigenvalue weighted by molar-refractivity contribution is 4.51. The molecule has 0 saturated carbocycles. The molecule has 0 N–H and O–H groups in total. The van der Waals surface area contributed by atoms with Crippen molar-refractivity contribution in [2.75, 3.05) is 13.2 Å². The van der Waals surface area contributed by atoms with Crippen LogP contribution in [0, 0.1) is 5.92 Å². The molecule has 31 heavy (non-hydrogen) atoms. The molecule has 0 aromatic carbocycles. The molecule has 0 bridgehead atoms. The number of hydrogen-bond acceptors (Lipinski definition) is 1. The lowest BCUT2D eigenvalue weighted by molar-refractivity contribution is 0.125. The molecule has 0 radical (unpaired) electrons. The first-order chi connectivity index (χ1) is 15.3. The molecule has 0 aliphatic heterocycles. The van der Waals surface area contributed by atoms with Gasteiger partial charge in [0.15, 0.2) is 0 Å². The van der Waals surface area contributed by atoms with Crippen LogP contribution in [0.25, 0.3) is 0 Å². The normalized spacial score (nSPS) is 11.6. The minimum atomic E-state index is 0.881. The maximum Gasteiger partial charge on any atom is 0.0466 e. The van der Waals surface area contributed by atoms with Gasteiger partial charge in [-0.2, -0.15) is 0 Å². The van der Waals surface area contributed by atoms with Crippen molar-refractivity contribution >= 4 is 0 Å². The number of hydrogen-bond donors (Lipinski definition) is 0. The smallest absolute Gasteiger partial charge is 0.0466 e. The second-order valence-electron chi connectivity index (χ2n) is 10.6. The van der Waals surface area contributed by atoms with E-state index in [0.717, 1.165) is 19.1 Å². The minimum Gasteiger partial charge on any atom is -0.381 e. The molecule has 0 spiro atoms. The third kappa shape index (κ3) is 30.0. The van der Waals surface area contributed by atoms with Crippen LogP contribution >= 0.6 is 0 Å². The van der Waals surface area contributed by atoms with E-state index in [9.17, 15) is 0 Å². The Balaban J connectivity index is 2.99. The number of unbranched alkanes of at least 4 members (excludes halogenated alkanes) is 21. The summed E-state index contributed by atoms with van der Waals surface area (Å²) in [5.74, 6) is 0.881. The highest BCUT2D eigenvalue weighted by atomic mass is 16.5. The molecule has 0 amide bonds. The summed E-state index contributed by atoms with van der Waals surface area (Å²) in [7, 11) is 0. The zero-order valence-electron chi connectivity index (χ0n) is 22.4. The first-order valence-corrected chi connectivity index (χ1v) is 14.8. The molecule has 0 fully saturated rings. The van der Waals surface area contributed by atoms with Crippen molar-refractivity contribution in [3.8, 4) is 0 Å². The van der Waals surface area contributed by atoms with E-state index < -0.39 is 0 Å². The molecule has 1 nitrogen and oxygen atoms in total. The van der Waals surface area contributed by atoms with Crippen molar-refractivity contribution in [3.05, 3.63) is 0 Å². The first-order valence-electron chi connectivity index (χ1n) is 14.8. The quantitative estimate of drug-likeness (QED) is 0.116. The molecule has 0 unspecified atom stereocenters. The Hall–Kier alpha value is -0.0400. The summed E-state index contributed by atoms with van der Waals surface area (Å²) < 4.78 is 5.82. The van der Waals surface area contributed by atoms with Gasteiger partial charge in [0.05, 0.1) is 0 Å². The summed E-state index contributed by atoms with van der Waals surface area (Å²) >= 11 is 0. The fraction of sp³-hybridized carbons (Fsp3) is 1.00. The predicted molar refractivity (Wildman–Crippen MR) is 142 cm³/mol. The van der Waals surface area contributed by atoms with E-state index in [4.69, 9.17) is 4.74 Å². The monoisotopic (exact) mass is 438 g/mol. The molecule has 0 rings (SSSR count). The average molecular weight is 439 g/mol. The number of ether oxygens (including phenoxy) is 1. The molecule has 0 aliphatic rings. The van der Waals surface area contributed by atoms with Crippen molar-refractivity contribution in [1.29, 1.82) is 0 Å². The number of rotatable bonds is 27. The van der Waals surface area contributed by atoms with Gasteiger partial charge in [-0.1, -0.05) is 162 Å². The third-order valence-electron chi connectivity index (χ3n) is 6.71. The van der Waals surface area contributed by atoms with E-state index >= 15 is 0 Å². The van der Waals surface area contributed by atoms with Crippen molar-refractivity contribution in [2.24, 2.45) is 5.92 Å². The molecular formula is C30H62O. The molecule has 0 atom stereocenters. The lowest BCUT2D eigenvalue weighted by Crippen LogP contribution is -1.97. The van der Waals surface area contributed by atoms with Gasteiger partial charge in [-0.15, -0.1) is 0 Å². The van der Waals surface area contributed by atoms with Gasteiger partial charge in [-0.25, -0.2) is 0 Å². The van der Waals surface area contributed by atoms with Gasteiger partial charge < -0.3 is 4.74 Å². The van der Waals surface area contributed by atoms with E-state index in [-0.39, 0.29) is 0 Å². The summed E-state index contributed by atoms with van der Waals surface area (Å²) in [6.07, 6.45) is 34.2. The largest absolute Gasteiger partial charge is 0.381 e. The SMILES string of the molecule is CCCCCCCCCCCCCCCCCCOCCCCCCCCCC(C)C. The van der Waals surface area contributed by atoms with E-state index in [0.29, 0.717) is 0 Å². The lowest BCUT2D eigenvalue weighted by Gasteiger charge is -2.06. The topological polar surface area (TPSA) is 9.23 Å². The van der Waals surface area contributed by atoms with Gasteiger partial charge in [0.1, 0.15) is 0 Å². The fourth-order valence-corrected chi connectivity index (χ4v) is 4.49. The summed E-state index contributed by atoms with van der Waals surface area (Å²) in [6, 6.07) is 0. The third-order valence-corrected chi connectivity index (χ3v) is 6.71. The van der Waals surface area contributed by atoms with Crippen LogP contribution in [-0.4, -0.2) is 13.2 Å². The Morgan fingerprint density at radius 3 is 1.00 bits per heavy atom. The van der Waals surface area contributed by atoms with Gasteiger partial charge in [-0.05, 0) is 18.8 Å². The molecule has 188 valence electrons. The van der Waals surface area contributed by atoms with Crippen LogP contribution in [0.3, 0.4) is 0 Å². The Kier molecular flexibility index (Phi) is 28.0. The molecule has 0 saturated heterocycles. The molecule has 0 aromatic heterocycles. The first kappa shape index (κ1) is 31.0. The van der Waals surface area contributed by atoms with Gasteiger partial charge in [0.2, 0.25) is 0 Å². The Bertz CT molecular complexity index is 299. The van der Waals surface area contributed by atoms with Crippen LogP contribution < -0.4 is 0 Å². The zero-order valence-corrected chi connectivity index (χ0v) is 22.4. The highest BCUT2D eigenvalue weighted by Crippen LogP contribution is 2.14. The van der Waals surface area contributed by atoms with Crippen LogP contribution in [0.2, 0.25) is 0 Å². The summed E-state index contributed by atoms with van der Waals surface area (Å²) in [5.41, 5.74) is 0. The molecule has 0 aromatic rings. The van der Waals surface area contributed by atoms with Crippen molar-refractivity contribution in [2.45, 2.75) is 175 Å². The fourth-order valence-electron chi connectivity index (χ4n) is 4.49. The van der Waals surface area contributed by atoms with Crippen LogP contribution in [0.1, 0.15) is 175 Å². The van der Waals surface area contributed by atoms with Gasteiger partial charge >= 0.3 is 0 Å². The molecular weight excluding hydrogens is 376 g/mol. The Morgan fingerprint density at radius 1 is 0.387 bits per heavy atom. The van der Waals surface area contributed by atoms with Crippen molar-refractivity contribution in [3.63, 3.8) is 0 Å². The van der Waals surface area contributed by atoms with E-state index in [1.165, 1.54) is 154 Å². The van der Waals surface area contributed by atoms with Crippen LogP contribution in [-0.2, 0) is 4.74 Å². The second-order valence-corrected chi connectivity index (χ2v) is 10.6. The van der Waals surface area contributed by atoms with Crippen LogP contribution in [0.5, 0.6) is 0 Å². The predicted octanol–water partition coefficient (Wildman–Crippen LogP) is 11.0. The van der Waals surface area contributed by atoms with Crippen LogP contribution in [0.15, 0.2) is 0 Å². The van der Waals surface area contributed by atoms with Crippen molar-refractivity contribution in [1.82, 2.24) is 0 Å². The Morgan fingerprint density at radius 2 is 0.677 bits per heavy atom. The summed E-state index contributed by atoms with van der Waals surface area (Å²) in [6.45, 7) is 8.95. The van der Waals surface area contributed by atoms with Gasteiger partial charge in [0.25, 0.3) is 0 Å². The second kappa shape index (κ2) is 28.0. The van der Waals surface area contributed by atoms with Gasteiger partial charge in [0, 0.05) is 13.2 Å². The van der Waals surface area contributed by atoms with Crippen molar-refractivity contribution < 1.29 is 4.74 Å². The average Bonchev–Trinajstić information content (AvgIpc) is 2.76. The zero-order chi connectivity index (χ0) is 22.7. The van der Waals surface area contributed by atoms with Gasteiger partial charge in [-0.3, -0.25) is 0 Å². The maximum absolute atomic E-state index is 5.82. The minimum absolute atomic E-state index is 0.881. The van der Waals surface area contributed by atoms with E-state index in [1.54, 1.807) is 0 Å². The van der Waals surface area contributed by atoms with E-state index in [2.05, 4.69) is 20.8 Å². The highest BCUT2D eigenvalue weighted by Gasteiger charge is 1.97.